The molecule has 0 aromatic carbocycles. The van der Waals surface area contributed by atoms with E-state index < -0.39 is 0 Å². The molecule has 2 bridgehead atoms. The van der Waals surface area contributed by atoms with Gasteiger partial charge in [-0.25, -0.2) is 9.97 Å². The van der Waals surface area contributed by atoms with E-state index in [9.17, 15) is 4.79 Å². The van der Waals surface area contributed by atoms with Gasteiger partial charge in [0.15, 0.2) is 0 Å². The highest BCUT2D eigenvalue weighted by molar-refractivity contribution is 6.20. The summed E-state index contributed by atoms with van der Waals surface area (Å²) in [5, 5.41) is 0.226. The number of halogens is 1. The van der Waals surface area contributed by atoms with E-state index in [2.05, 4.69) is 9.97 Å². The molecule has 3 heterocycles. The molecule has 0 spiro atoms. The van der Waals surface area contributed by atoms with Gasteiger partial charge in [0.25, 0.3) is 5.91 Å². The van der Waals surface area contributed by atoms with Crippen LogP contribution in [-0.2, 0) is 0 Å². The lowest BCUT2D eigenvalue weighted by Gasteiger charge is -2.36. The minimum absolute atomic E-state index is 0.0571. The van der Waals surface area contributed by atoms with Gasteiger partial charge in [-0.15, -0.1) is 11.6 Å². The molecular weight excluding hydrogens is 238 g/mol. The van der Waals surface area contributed by atoms with Crippen molar-refractivity contribution in [2.75, 3.05) is 0 Å². The molecule has 90 valence electrons. The first-order chi connectivity index (χ1) is 8.25. The van der Waals surface area contributed by atoms with Crippen LogP contribution < -0.4 is 0 Å². The quantitative estimate of drug-likeness (QED) is 0.716. The lowest BCUT2D eigenvalue weighted by Crippen LogP contribution is -2.47. The number of rotatable bonds is 1. The zero-order valence-corrected chi connectivity index (χ0v) is 10.2. The van der Waals surface area contributed by atoms with Crippen molar-refractivity contribution in [2.45, 2.75) is 43.1 Å². The SMILES string of the molecule is O=C(c1cncnc1)N1C2CCC1CC(Cl)C2. The largest absolute Gasteiger partial charge is 0.332 e. The third-order valence-electron chi connectivity index (χ3n) is 3.72. The van der Waals surface area contributed by atoms with Gasteiger partial charge in [0, 0.05) is 29.9 Å². The fraction of sp³-hybridized carbons (Fsp3) is 0.583. The molecular formula is C12H14ClN3O. The van der Waals surface area contributed by atoms with Crippen molar-refractivity contribution in [1.82, 2.24) is 14.9 Å². The second-order valence-corrected chi connectivity index (χ2v) is 5.41. The maximum absolute atomic E-state index is 12.4. The molecule has 0 N–H and O–H groups in total. The van der Waals surface area contributed by atoms with Crippen molar-refractivity contribution in [2.24, 2.45) is 0 Å². The van der Waals surface area contributed by atoms with Crippen molar-refractivity contribution < 1.29 is 4.79 Å². The van der Waals surface area contributed by atoms with E-state index in [-0.39, 0.29) is 11.3 Å². The zero-order chi connectivity index (χ0) is 11.8. The summed E-state index contributed by atoms with van der Waals surface area (Å²) in [7, 11) is 0. The number of hydrogen-bond acceptors (Lipinski definition) is 3. The molecule has 1 aromatic rings. The highest BCUT2D eigenvalue weighted by Gasteiger charge is 2.42. The van der Waals surface area contributed by atoms with Gasteiger partial charge in [0.2, 0.25) is 0 Å². The predicted molar refractivity (Wildman–Crippen MR) is 63.9 cm³/mol. The first-order valence-electron chi connectivity index (χ1n) is 5.97. The molecule has 2 unspecified atom stereocenters. The number of fused-ring (bicyclic) bond motifs is 2. The average Bonchev–Trinajstić information content (AvgIpc) is 2.62. The lowest BCUT2D eigenvalue weighted by molar-refractivity contribution is 0.0598. The summed E-state index contributed by atoms with van der Waals surface area (Å²) >= 11 is 6.20. The molecule has 1 amide bonds. The Hall–Kier alpha value is -1.16. The van der Waals surface area contributed by atoms with Crippen LogP contribution in [0.25, 0.3) is 0 Å². The van der Waals surface area contributed by atoms with Gasteiger partial charge >= 0.3 is 0 Å². The topological polar surface area (TPSA) is 46.1 Å². The molecule has 2 fully saturated rings. The van der Waals surface area contributed by atoms with Gasteiger partial charge in [-0.05, 0) is 25.7 Å². The van der Waals surface area contributed by atoms with E-state index in [1.807, 2.05) is 4.90 Å². The van der Waals surface area contributed by atoms with Crippen LogP contribution in [0.3, 0.4) is 0 Å². The first kappa shape index (κ1) is 11.0. The van der Waals surface area contributed by atoms with E-state index in [0.29, 0.717) is 17.6 Å². The van der Waals surface area contributed by atoms with E-state index in [4.69, 9.17) is 11.6 Å². The van der Waals surface area contributed by atoms with Crippen LogP contribution in [0.5, 0.6) is 0 Å². The standard InChI is InChI=1S/C12H14ClN3O/c13-9-3-10-1-2-11(4-9)16(10)12(17)8-5-14-7-15-6-8/h5-7,9-11H,1-4H2. The predicted octanol–water partition coefficient (Wildman–Crippen LogP) is 1.85. The number of aromatic nitrogens is 2. The minimum atomic E-state index is 0.0571. The Labute approximate surface area is 105 Å². The molecule has 2 aliphatic rings. The van der Waals surface area contributed by atoms with E-state index in [1.54, 1.807) is 12.4 Å². The first-order valence-corrected chi connectivity index (χ1v) is 6.41. The number of amides is 1. The van der Waals surface area contributed by atoms with Crippen molar-refractivity contribution in [1.29, 1.82) is 0 Å². The van der Waals surface area contributed by atoms with Gasteiger partial charge < -0.3 is 4.90 Å². The Bertz CT molecular complexity index is 411. The van der Waals surface area contributed by atoms with Crippen LogP contribution in [0.1, 0.15) is 36.0 Å². The van der Waals surface area contributed by atoms with E-state index in [0.717, 1.165) is 25.7 Å². The fourth-order valence-electron chi connectivity index (χ4n) is 3.00. The molecule has 2 aliphatic heterocycles. The molecule has 5 heteroatoms. The van der Waals surface area contributed by atoms with Crippen LogP contribution in [-0.4, -0.2) is 38.2 Å². The number of carbonyl (C=O) groups is 1. The molecule has 1 aromatic heterocycles. The monoisotopic (exact) mass is 251 g/mol. The van der Waals surface area contributed by atoms with Crippen LogP contribution in [0.2, 0.25) is 0 Å². The Kier molecular flexibility index (Phi) is 2.74. The normalized spacial score (nSPS) is 31.6. The second kappa shape index (κ2) is 4.26. The molecule has 0 saturated carbocycles. The molecule has 0 radical (unpaired) electrons. The van der Waals surface area contributed by atoms with E-state index >= 15 is 0 Å². The highest BCUT2D eigenvalue weighted by Crippen LogP contribution is 2.38. The van der Waals surface area contributed by atoms with Gasteiger partial charge in [-0.3, -0.25) is 4.79 Å². The Balaban J connectivity index is 1.84. The second-order valence-electron chi connectivity index (χ2n) is 4.79. The summed E-state index contributed by atoms with van der Waals surface area (Å²) in [5.41, 5.74) is 0.581. The maximum Gasteiger partial charge on any atom is 0.257 e. The smallest absolute Gasteiger partial charge is 0.257 e. The maximum atomic E-state index is 12.4. The molecule has 2 saturated heterocycles. The van der Waals surface area contributed by atoms with E-state index in [1.165, 1.54) is 6.33 Å². The molecule has 17 heavy (non-hydrogen) atoms. The van der Waals surface area contributed by atoms with Crippen LogP contribution in [0.15, 0.2) is 18.7 Å². The molecule has 0 aliphatic carbocycles. The number of piperidine rings is 1. The number of hydrogen-bond donors (Lipinski definition) is 0. The summed E-state index contributed by atoms with van der Waals surface area (Å²) < 4.78 is 0. The van der Waals surface area contributed by atoms with Crippen LogP contribution in [0, 0.1) is 0 Å². The summed E-state index contributed by atoms with van der Waals surface area (Å²) in [6.45, 7) is 0. The van der Waals surface area contributed by atoms with Gasteiger partial charge in [0.05, 0.1) is 5.56 Å². The number of carbonyl (C=O) groups excluding carboxylic acids is 1. The van der Waals surface area contributed by atoms with Crippen molar-refractivity contribution >= 4 is 17.5 Å². The zero-order valence-electron chi connectivity index (χ0n) is 9.42. The average molecular weight is 252 g/mol. The van der Waals surface area contributed by atoms with Crippen LogP contribution >= 0.6 is 11.6 Å². The van der Waals surface area contributed by atoms with Crippen molar-refractivity contribution in [3.63, 3.8) is 0 Å². The van der Waals surface area contributed by atoms with Gasteiger partial charge in [0.1, 0.15) is 6.33 Å². The third-order valence-corrected chi connectivity index (χ3v) is 4.07. The third kappa shape index (κ3) is 1.90. The van der Waals surface area contributed by atoms with Crippen molar-refractivity contribution in [3.05, 3.63) is 24.3 Å². The van der Waals surface area contributed by atoms with Crippen LogP contribution in [0.4, 0.5) is 0 Å². The summed E-state index contributed by atoms with van der Waals surface area (Å²) in [5.74, 6) is 0.0571. The fourth-order valence-corrected chi connectivity index (χ4v) is 3.41. The summed E-state index contributed by atoms with van der Waals surface area (Å²) in [6, 6.07) is 0.618. The number of alkyl halides is 1. The summed E-state index contributed by atoms with van der Waals surface area (Å²) in [6.07, 6.45) is 8.59. The van der Waals surface area contributed by atoms with Gasteiger partial charge in [-0.1, -0.05) is 0 Å². The lowest BCUT2D eigenvalue weighted by atomic mass is 10.0. The van der Waals surface area contributed by atoms with Gasteiger partial charge in [-0.2, -0.15) is 0 Å². The summed E-state index contributed by atoms with van der Waals surface area (Å²) in [4.78, 5) is 22.2. The Morgan fingerprint density at radius 2 is 1.82 bits per heavy atom. The molecule has 2 atom stereocenters. The minimum Gasteiger partial charge on any atom is -0.332 e. The Morgan fingerprint density at radius 1 is 1.24 bits per heavy atom. The molecule has 4 nitrogen and oxygen atoms in total. The Morgan fingerprint density at radius 3 is 2.41 bits per heavy atom. The van der Waals surface area contributed by atoms with Crippen molar-refractivity contribution in [3.8, 4) is 0 Å². The highest BCUT2D eigenvalue weighted by atomic mass is 35.5. The number of nitrogens with zero attached hydrogens (tertiary/aromatic N) is 3. The molecule has 3 rings (SSSR count).